The third-order valence-corrected chi connectivity index (χ3v) is 6.98. The van der Waals surface area contributed by atoms with Crippen molar-refractivity contribution in [3.05, 3.63) is 71.4 Å². The molecule has 0 aliphatic carbocycles. The lowest BCUT2D eigenvalue weighted by Crippen LogP contribution is -2.34. The summed E-state index contributed by atoms with van der Waals surface area (Å²) in [7, 11) is 0. The van der Waals surface area contributed by atoms with Crippen LogP contribution in [0.15, 0.2) is 42.9 Å². The van der Waals surface area contributed by atoms with E-state index in [0.717, 1.165) is 0 Å². The van der Waals surface area contributed by atoms with Gasteiger partial charge in [-0.25, -0.2) is 28.1 Å². The van der Waals surface area contributed by atoms with Crippen LogP contribution in [0.3, 0.4) is 0 Å². The lowest BCUT2D eigenvalue weighted by atomic mass is 9.89. The number of fused-ring (bicyclic) bond motifs is 2. The fourth-order valence-corrected chi connectivity index (χ4v) is 5.02. The number of rotatable bonds is 8. The highest BCUT2D eigenvalue weighted by molar-refractivity contribution is 5.94. The zero-order valence-electron chi connectivity index (χ0n) is 20.8. The molecule has 0 bridgehead atoms. The highest BCUT2D eigenvalue weighted by Gasteiger charge is 2.40. The van der Waals surface area contributed by atoms with Gasteiger partial charge in [-0.1, -0.05) is 26.3 Å². The second kappa shape index (κ2) is 9.99. The number of amides is 1. The molecule has 5 rings (SSSR count). The monoisotopic (exact) mass is 510 g/mol. The van der Waals surface area contributed by atoms with Crippen molar-refractivity contribution in [2.24, 2.45) is 5.92 Å². The first-order valence-electron chi connectivity index (χ1n) is 12.6. The molecule has 10 heteroatoms. The summed E-state index contributed by atoms with van der Waals surface area (Å²) >= 11 is 0. The van der Waals surface area contributed by atoms with Crippen molar-refractivity contribution in [3.63, 3.8) is 0 Å². The zero-order valence-corrected chi connectivity index (χ0v) is 20.8. The zero-order chi connectivity index (χ0) is 26.2. The Morgan fingerprint density at radius 1 is 1.24 bits per heavy atom. The molecule has 1 amide bonds. The third kappa shape index (κ3) is 4.84. The van der Waals surface area contributed by atoms with Crippen LogP contribution in [0.5, 0.6) is 0 Å². The Morgan fingerprint density at radius 3 is 2.84 bits per heavy atom. The van der Waals surface area contributed by atoms with Crippen LogP contribution in [0.2, 0.25) is 0 Å². The maximum absolute atomic E-state index is 15.1. The Kier molecular flexibility index (Phi) is 6.74. The van der Waals surface area contributed by atoms with E-state index in [1.165, 1.54) is 6.07 Å². The molecule has 0 saturated heterocycles. The van der Waals surface area contributed by atoms with E-state index in [-0.39, 0.29) is 25.3 Å². The van der Waals surface area contributed by atoms with Crippen LogP contribution < -0.4 is 5.32 Å². The predicted octanol–water partition coefficient (Wildman–Crippen LogP) is 5.22. The number of carbonyl (C=O) groups is 1. The predicted molar refractivity (Wildman–Crippen MR) is 133 cm³/mol. The smallest absolute Gasteiger partial charge is 0.270 e. The van der Waals surface area contributed by atoms with Gasteiger partial charge < -0.3 is 9.88 Å². The van der Waals surface area contributed by atoms with E-state index in [4.69, 9.17) is 0 Å². The van der Waals surface area contributed by atoms with Crippen molar-refractivity contribution in [2.75, 3.05) is 0 Å². The maximum atomic E-state index is 15.1. The van der Waals surface area contributed by atoms with E-state index < -0.39 is 17.7 Å². The number of nitrogens with one attached hydrogen (secondary N) is 1. The van der Waals surface area contributed by atoms with E-state index in [1.807, 2.05) is 11.5 Å². The Bertz CT molecular complexity index is 1440. The van der Waals surface area contributed by atoms with Crippen molar-refractivity contribution in [1.82, 2.24) is 29.2 Å². The normalized spacial score (nSPS) is 15.6. The number of alkyl halides is 2. The molecule has 194 valence electrons. The van der Waals surface area contributed by atoms with E-state index in [0.29, 0.717) is 65.6 Å². The average Bonchev–Trinajstić information content (AvgIpc) is 3.48. The summed E-state index contributed by atoms with van der Waals surface area (Å²) in [6.07, 6.45) is 6.49. The van der Waals surface area contributed by atoms with Crippen molar-refractivity contribution in [3.8, 4) is 11.3 Å². The van der Waals surface area contributed by atoms with E-state index >= 15 is 4.39 Å². The first-order valence-corrected chi connectivity index (χ1v) is 12.6. The lowest BCUT2D eigenvalue weighted by Gasteiger charge is -2.30. The second-order valence-corrected chi connectivity index (χ2v) is 9.48. The first kappa shape index (κ1) is 25.0. The number of nitrogens with zero attached hydrogens (tertiary/aromatic N) is 5. The SMILES string of the molecule is CCCC(F)(F)C1CCn2cc(-c3ccc(CNC(=O)c4c(CC)nc5ncccn45)cc3F)nc2C1. The van der Waals surface area contributed by atoms with Gasteiger partial charge in [-0.2, -0.15) is 0 Å². The van der Waals surface area contributed by atoms with Gasteiger partial charge in [-0.3, -0.25) is 9.20 Å². The molecule has 4 aromatic rings. The number of carbonyl (C=O) groups excluding carboxylic acids is 1. The molecule has 3 aromatic heterocycles. The van der Waals surface area contributed by atoms with E-state index in [1.54, 1.807) is 48.1 Å². The largest absolute Gasteiger partial charge is 0.347 e. The molecular formula is C27H29F3N6O. The molecule has 1 unspecified atom stereocenters. The molecule has 1 aliphatic rings. The number of benzene rings is 1. The van der Waals surface area contributed by atoms with Crippen LogP contribution in [0.4, 0.5) is 13.2 Å². The van der Waals surface area contributed by atoms with Crippen molar-refractivity contribution < 1.29 is 18.0 Å². The van der Waals surface area contributed by atoms with Gasteiger partial charge in [0.15, 0.2) is 0 Å². The van der Waals surface area contributed by atoms with Crippen LogP contribution in [0.25, 0.3) is 17.0 Å². The van der Waals surface area contributed by atoms with Gasteiger partial charge in [0.05, 0.1) is 11.4 Å². The minimum atomic E-state index is -2.72. The van der Waals surface area contributed by atoms with Crippen LogP contribution in [-0.2, 0) is 25.9 Å². The molecule has 37 heavy (non-hydrogen) atoms. The summed E-state index contributed by atoms with van der Waals surface area (Å²) in [5, 5.41) is 2.84. The Morgan fingerprint density at radius 2 is 2.08 bits per heavy atom. The summed E-state index contributed by atoms with van der Waals surface area (Å²) in [6, 6.07) is 6.43. The van der Waals surface area contributed by atoms with Gasteiger partial charge >= 0.3 is 0 Å². The van der Waals surface area contributed by atoms with Gasteiger partial charge in [0.2, 0.25) is 5.78 Å². The number of aromatic nitrogens is 5. The molecule has 0 spiro atoms. The van der Waals surface area contributed by atoms with E-state index in [9.17, 15) is 13.6 Å². The maximum Gasteiger partial charge on any atom is 0.270 e. The molecule has 0 radical (unpaired) electrons. The molecule has 7 nitrogen and oxygen atoms in total. The highest BCUT2D eigenvalue weighted by atomic mass is 19.3. The molecule has 1 aliphatic heterocycles. The Hall–Kier alpha value is -3.69. The van der Waals surface area contributed by atoms with Crippen LogP contribution >= 0.6 is 0 Å². The number of imidazole rings is 2. The highest BCUT2D eigenvalue weighted by Crippen LogP contribution is 2.37. The number of aryl methyl sites for hydroxylation is 2. The molecule has 1 N–H and O–H groups in total. The molecular weight excluding hydrogens is 481 g/mol. The topological polar surface area (TPSA) is 77.1 Å². The lowest BCUT2D eigenvalue weighted by molar-refractivity contribution is -0.0740. The van der Waals surface area contributed by atoms with E-state index in [2.05, 4.69) is 20.3 Å². The number of halogens is 3. The summed E-state index contributed by atoms with van der Waals surface area (Å²) in [5.41, 5.74) is 2.36. The van der Waals surface area contributed by atoms with Crippen LogP contribution in [0.1, 0.15) is 60.7 Å². The van der Waals surface area contributed by atoms with Gasteiger partial charge in [0.1, 0.15) is 17.3 Å². The fraction of sp³-hybridized carbons (Fsp3) is 0.407. The first-order chi connectivity index (χ1) is 17.8. The number of hydrogen-bond acceptors (Lipinski definition) is 4. The van der Waals surface area contributed by atoms with Crippen LogP contribution in [-0.4, -0.2) is 35.7 Å². The fourth-order valence-electron chi connectivity index (χ4n) is 5.02. The average molecular weight is 511 g/mol. The molecule has 1 atom stereocenters. The summed E-state index contributed by atoms with van der Waals surface area (Å²) in [5.74, 6) is -3.26. The third-order valence-electron chi connectivity index (χ3n) is 6.98. The minimum Gasteiger partial charge on any atom is -0.347 e. The molecule has 4 heterocycles. The van der Waals surface area contributed by atoms with Crippen molar-refractivity contribution in [1.29, 1.82) is 0 Å². The summed E-state index contributed by atoms with van der Waals surface area (Å²) in [4.78, 5) is 26.0. The van der Waals surface area contributed by atoms with Gasteiger partial charge in [0.25, 0.3) is 11.8 Å². The van der Waals surface area contributed by atoms with Gasteiger partial charge in [-0.15, -0.1) is 0 Å². The standard InChI is InChI=1S/C27H29F3N6O/c1-3-9-27(29,30)18-8-12-35-16-22(33-23(35)14-18)19-7-6-17(13-20(19)28)15-32-25(37)24-21(4-2)34-26-31-10-5-11-36(24)26/h5-7,10-11,13,16,18H,3-4,8-9,12,14-15H2,1-2H3,(H,32,37). The van der Waals surface area contributed by atoms with Gasteiger partial charge in [-0.05, 0) is 36.6 Å². The summed E-state index contributed by atoms with van der Waals surface area (Å²) in [6.45, 7) is 4.24. The second-order valence-electron chi connectivity index (χ2n) is 9.48. The quantitative estimate of drug-likeness (QED) is 0.353. The Balaban J connectivity index is 1.30. The Labute approximate surface area is 212 Å². The minimum absolute atomic E-state index is 0.126. The van der Waals surface area contributed by atoms with Crippen molar-refractivity contribution >= 4 is 11.7 Å². The number of hydrogen-bond donors (Lipinski definition) is 1. The van der Waals surface area contributed by atoms with Crippen LogP contribution in [0, 0.1) is 11.7 Å². The van der Waals surface area contributed by atoms with Gasteiger partial charge in [0, 0.05) is 56.0 Å². The van der Waals surface area contributed by atoms with Crippen molar-refractivity contribution in [2.45, 2.75) is 65.0 Å². The summed E-state index contributed by atoms with van der Waals surface area (Å²) < 4.78 is 47.5. The molecule has 0 fully saturated rings. The molecule has 0 saturated carbocycles. The molecule has 1 aromatic carbocycles.